The Balaban J connectivity index is 1.82. The van der Waals surface area contributed by atoms with Gasteiger partial charge in [0.1, 0.15) is 5.76 Å². The second-order valence-corrected chi connectivity index (χ2v) is 5.64. The average Bonchev–Trinajstić information content (AvgIpc) is 3.20. The fraction of sp³-hybridized carbons (Fsp3) is 0.158. The third kappa shape index (κ3) is 3.19. The number of fused-ring (bicyclic) bond motifs is 1. The van der Waals surface area contributed by atoms with Crippen molar-refractivity contribution in [3.8, 4) is 5.75 Å². The first-order valence-electron chi connectivity index (χ1n) is 7.71. The van der Waals surface area contributed by atoms with E-state index in [4.69, 9.17) is 9.15 Å². The van der Waals surface area contributed by atoms with Crippen molar-refractivity contribution in [3.63, 3.8) is 0 Å². The molecule has 0 radical (unpaired) electrons. The van der Waals surface area contributed by atoms with E-state index in [-0.39, 0.29) is 0 Å². The molecule has 1 aromatic carbocycles. The predicted molar refractivity (Wildman–Crippen MR) is 94.4 cm³/mol. The maximum atomic E-state index is 11.9. The van der Waals surface area contributed by atoms with Crippen LogP contribution in [0.5, 0.6) is 5.75 Å². The van der Waals surface area contributed by atoms with Crippen molar-refractivity contribution >= 4 is 23.5 Å². The number of nitrogens with one attached hydrogen (secondary N) is 2. The van der Waals surface area contributed by atoms with Crippen LogP contribution in [-0.4, -0.2) is 18.8 Å². The highest BCUT2D eigenvalue weighted by atomic mass is 16.5. The smallest absolute Gasteiger partial charge is 0.296 e. The first-order chi connectivity index (χ1) is 12.0. The molecule has 0 spiro atoms. The van der Waals surface area contributed by atoms with E-state index in [0.29, 0.717) is 29.2 Å². The second kappa shape index (κ2) is 6.68. The van der Waals surface area contributed by atoms with Crippen molar-refractivity contribution in [1.29, 1.82) is 0 Å². The van der Waals surface area contributed by atoms with Crippen molar-refractivity contribution in [2.45, 2.75) is 13.5 Å². The fourth-order valence-electron chi connectivity index (χ4n) is 2.67. The summed E-state index contributed by atoms with van der Waals surface area (Å²) in [5.74, 6) is 0.0844. The molecule has 2 aromatic rings. The number of carbonyl (C=O) groups is 2. The van der Waals surface area contributed by atoms with E-state index in [1.54, 1.807) is 18.4 Å². The molecule has 2 N–H and O–H groups in total. The van der Waals surface area contributed by atoms with Gasteiger partial charge in [0.25, 0.3) is 11.7 Å². The Morgan fingerprint density at radius 3 is 2.92 bits per heavy atom. The number of ketones is 1. The molecule has 6 heteroatoms. The van der Waals surface area contributed by atoms with Gasteiger partial charge < -0.3 is 19.8 Å². The molecule has 1 aliphatic heterocycles. The SMILES string of the molecule is C=C(/C=C/c1c(C)cc2c(c1OC)NC(=O)C2=O)NCc1ccco1. The standard InChI is InChI=1S/C19H18N2O4/c1-11-9-15-16(21-19(23)17(15)22)18(24-3)14(11)7-6-12(2)20-10-13-5-4-8-25-13/h4-9,20H,2,10H2,1,3H3,(H,21,22,23)/b7-6+. The van der Waals surface area contributed by atoms with Crippen LogP contribution < -0.4 is 15.4 Å². The van der Waals surface area contributed by atoms with Gasteiger partial charge >= 0.3 is 0 Å². The van der Waals surface area contributed by atoms with Crippen LogP contribution >= 0.6 is 0 Å². The van der Waals surface area contributed by atoms with Crippen LogP contribution in [-0.2, 0) is 11.3 Å². The van der Waals surface area contributed by atoms with Crippen LogP contribution in [0.3, 0.4) is 0 Å². The van der Waals surface area contributed by atoms with Crippen LogP contribution in [0, 0.1) is 6.92 Å². The van der Waals surface area contributed by atoms with E-state index in [1.807, 2.05) is 25.1 Å². The lowest BCUT2D eigenvalue weighted by molar-refractivity contribution is -0.112. The zero-order valence-corrected chi connectivity index (χ0v) is 14.0. The van der Waals surface area contributed by atoms with Gasteiger partial charge in [-0.1, -0.05) is 6.58 Å². The number of allylic oxidation sites excluding steroid dienone is 1. The summed E-state index contributed by atoms with van der Waals surface area (Å²) in [4.78, 5) is 23.5. The lowest BCUT2D eigenvalue weighted by Crippen LogP contribution is -2.12. The van der Waals surface area contributed by atoms with Gasteiger partial charge in [0.05, 0.1) is 31.2 Å². The lowest BCUT2D eigenvalue weighted by atomic mass is 10.0. The molecule has 25 heavy (non-hydrogen) atoms. The molecule has 0 fully saturated rings. The number of hydrogen-bond donors (Lipinski definition) is 2. The minimum absolute atomic E-state index is 0.339. The highest BCUT2D eigenvalue weighted by Gasteiger charge is 2.32. The van der Waals surface area contributed by atoms with Gasteiger partial charge in [-0.15, -0.1) is 0 Å². The molecule has 1 amide bonds. The van der Waals surface area contributed by atoms with Gasteiger partial charge in [0.15, 0.2) is 5.75 Å². The number of benzene rings is 1. The van der Waals surface area contributed by atoms with Crippen molar-refractivity contribution in [1.82, 2.24) is 5.32 Å². The third-order valence-electron chi connectivity index (χ3n) is 3.94. The molecule has 0 saturated heterocycles. The highest BCUT2D eigenvalue weighted by molar-refractivity contribution is 6.52. The Morgan fingerprint density at radius 1 is 1.44 bits per heavy atom. The number of rotatable bonds is 6. The van der Waals surface area contributed by atoms with E-state index in [1.165, 1.54) is 7.11 Å². The van der Waals surface area contributed by atoms with Crippen LogP contribution in [0.4, 0.5) is 5.69 Å². The quantitative estimate of drug-likeness (QED) is 0.625. The summed E-state index contributed by atoms with van der Waals surface area (Å²) < 4.78 is 10.7. The summed E-state index contributed by atoms with van der Waals surface area (Å²) in [5.41, 5.74) is 3.05. The third-order valence-corrected chi connectivity index (χ3v) is 3.94. The molecule has 0 aliphatic carbocycles. The predicted octanol–water partition coefficient (Wildman–Crippen LogP) is 3.05. The summed E-state index contributed by atoms with van der Waals surface area (Å²) in [6.07, 6.45) is 5.25. The Bertz CT molecular complexity index is 879. The Kier molecular flexibility index (Phi) is 4.43. The average molecular weight is 338 g/mol. The Hall–Kier alpha value is -3.28. The number of anilines is 1. The molecular weight excluding hydrogens is 320 g/mol. The van der Waals surface area contributed by atoms with E-state index >= 15 is 0 Å². The van der Waals surface area contributed by atoms with Gasteiger partial charge in [-0.25, -0.2) is 0 Å². The molecule has 1 aliphatic rings. The monoisotopic (exact) mass is 338 g/mol. The summed E-state index contributed by atoms with van der Waals surface area (Å²) in [6.45, 7) is 6.33. The van der Waals surface area contributed by atoms with Crippen molar-refractivity contribution in [2.24, 2.45) is 0 Å². The number of carbonyl (C=O) groups excluding carboxylic acids is 2. The first-order valence-corrected chi connectivity index (χ1v) is 7.71. The Morgan fingerprint density at radius 2 is 2.24 bits per heavy atom. The molecule has 0 saturated carbocycles. The number of methoxy groups -OCH3 is 1. The van der Waals surface area contributed by atoms with Crippen LogP contribution in [0.2, 0.25) is 0 Å². The normalized spacial score (nSPS) is 13.0. The zero-order valence-electron chi connectivity index (χ0n) is 14.0. The van der Waals surface area contributed by atoms with E-state index in [9.17, 15) is 9.59 Å². The number of amides is 1. The number of hydrogen-bond acceptors (Lipinski definition) is 5. The first kappa shape index (κ1) is 16.6. The summed E-state index contributed by atoms with van der Waals surface area (Å²) in [6, 6.07) is 5.39. The van der Waals surface area contributed by atoms with E-state index < -0.39 is 11.7 Å². The van der Waals surface area contributed by atoms with Gasteiger partial charge in [0, 0.05) is 11.3 Å². The van der Waals surface area contributed by atoms with Crippen LogP contribution in [0.25, 0.3) is 6.08 Å². The number of Topliss-reactive ketones (excluding diaryl/α,β-unsaturated/α-hetero) is 1. The van der Waals surface area contributed by atoms with Gasteiger partial charge in [-0.3, -0.25) is 9.59 Å². The minimum atomic E-state index is -0.640. The van der Waals surface area contributed by atoms with Crippen LogP contribution in [0.1, 0.15) is 27.2 Å². The van der Waals surface area contributed by atoms with Gasteiger partial charge in [0.2, 0.25) is 0 Å². The molecule has 0 bridgehead atoms. The van der Waals surface area contributed by atoms with Gasteiger partial charge in [-0.2, -0.15) is 0 Å². The minimum Gasteiger partial charge on any atom is -0.494 e. The molecule has 3 rings (SSSR count). The van der Waals surface area contributed by atoms with E-state index in [2.05, 4.69) is 17.2 Å². The fourth-order valence-corrected chi connectivity index (χ4v) is 2.67. The number of furan rings is 1. The Labute approximate surface area is 145 Å². The molecule has 2 heterocycles. The van der Waals surface area contributed by atoms with Crippen molar-refractivity contribution < 1.29 is 18.7 Å². The molecule has 128 valence electrons. The summed E-state index contributed by atoms with van der Waals surface area (Å²) in [5, 5.41) is 5.71. The maximum Gasteiger partial charge on any atom is 0.296 e. The lowest BCUT2D eigenvalue weighted by Gasteiger charge is -2.13. The molecule has 6 nitrogen and oxygen atoms in total. The van der Waals surface area contributed by atoms with Gasteiger partial charge in [-0.05, 0) is 42.8 Å². The largest absolute Gasteiger partial charge is 0.494 e. The van der Waals surface area contributed by atoms with Crippen molar-refractivity contribution in [3.05, 3.63) is 65.3 Å². The van der Waals surface area contributed by atoms with Crippen molar-refractivity contribution in [2.75, 3.05) is 12.4 Å². The number of aryl methyl sites for hydroxylation is 1. The maximum absolute atomic E-state index is 11.9. The number of ether oxygens (including phenoxy) is 1. The zero-order chi connectivity index (χ0) is 18.0. The second-order valence-electron chi connectivity index (χ2n) is 5.64. The molecule has 1 aromatic heterocycles. The van der Waals surface area contributed by atoms with E-state index in [0.717, 1.165) is 16.9 Å². The highest BCUT2D eigenvalue weighted by Crippen LogP contribution is 2.39. The molecule has 0 unspecified atom stereocenters. The summed E-state index contributed by atoms with van der Waals surface area (Å²) in [7, 11) is 1.51. The summed E-state index contributed by atoms with van der Waals surface area (Å²) >= 11 is 0. The van der Waals surface area contributed by atoms with Crippen LogP contribution in [0.15, 0.2) is 47.2 Å². The molecular formula is C19H18N2O4. The topological polar surface area (TPSA) is 80.6 Å². The molecule has 0 atom stereocenters.